The molecule has 3 aromatic carbocycles. The van der Waals surface area contributed by atoms with Gasteiger partial charge in [-0.05, 0) is 80.3 Å². The van der Waals surface area contributed by atoms with Gasteiger partial charge in [-0.25, -0.2) is 13.2 Å². The van der Waals surface area contributed by atoms with E-state index in [1.54, 1.807) is 18.2 Å². The zero-order valence-electron chi connectivity index (χ0n) is 26.4. The maximum Gasteiger partial charge on any atom is 0.432 e. The number of ether oxygens (including phenoxy) is 1. The number of sulfonamides is 1. The van der Waals surface area contributed by atoms with Gasteiger partial charge in [-0.2, -0.15) is 13.9 Å². The van der Waals surface area contributed by atoms with Crippen LogP contribution in [0.2, 0.25) is 0 Å². The molecule has 1 N–H and O–H groups in total. The predicted octanol–water partition coefficient (Wildman–Crippen LogP) is 5.96. The van der Waals surface area contributed by atoms with Crippen molar-refractivity contribution >= 4 is 37.6 Å². The quantitative estimate of drug-likeness (QED) is 0.214. The van der Waals surface area contributed by atoms with E-state index in [0.29, 0.717) is 18.5 Å². The molecule has 0 aliphatic heterocycles. The minimum Gasteiger partial charge on any atom is -0.442 e. The minimum absolute atomic E-state index is 0.0841. The highest BCUT2D eigenvalue weighted by Crippen LogP contribution is 2.68. The van der Waals surface area contributed by atoms with Crippen LogP contribution in [0.1, 0.15) is 50.3 Å². The Bertz CT molecular complexity index is 1870. The Balaban J connectivity index is 1.53. The van der Waals surface area contributed by atoms with E-state index in [1.165, 1.54) is 16.4 Å². The van der Waals surface area contributed by atoms with Crippen molar-refractivity contribution in [1.29, 1.82) is 0 Å². The molecule has 46 heavy (non-hydrogen) atoms. The predicted molar refractivity (Wildman–Crippen MR) is 170 cm³/mol. The Kier molecular flexibility index (Phi) is 8.45. The van der Waals surface area contributed by atoms with Crippen LogP contribution in [0.15, 0.2) is 76.5 Å². The Morgan fingerprint density at radius 2 is 1.52 bits per heavy atom. The molecule has 2 saturated carbocycles. The number of amides is 1. The molecule has 14 heteroatoms. The molecule has 5 rings (SSSR count). The van der Waals surface area contributed by atoms with Gasteiger partial charge in [0.05, 0.1) is 26.4 Å². The zero-order valence-corrected chi connectivity index (χ0v) is 28.0. The van der Waals surface area contributed by atoms with Gasteiger partial charge in [0.1, 0.15) is 6.10 Å². The lowest BCUT2D eigenvalue weighted by Crippen LogP contribution is -2.54. The second-order valence-corrected chi connectivity index (χ2v) is 16.2. The van der Waals surface area contributed by atoms with E-state index in [0.717, 1.165) is 41.0 Å². The fraction of sp³-hybridized carbons (Fsp3) is 0.406. The smallest absolute Gasteiger partial charge is 0.432 e. The number of fused-ring (bicyclic) bond motifs is 2. The summed E-state index contributed by atoms with van der Waals surface area (Å²) in [5, 5.41) is 10.9. The third-order valence-corrected chi connectivity index (χ3v) is 12.9. The van der Waals surface area contributed by atoms with Crippen LogP contribution in [0, 0.1) is 47.6 Å². The Hall–Kier alpha value is -4.01. The summed E-state index contributed by atoms with van der Waals surface area (Å²) in [6.07, 6.45) is -0.887. The first kappa shape index (κ1) is 33.4. The first-order valence-electron chi connectivity index (χ1n) is 14.7. The topological polar surface area (TPSA) is 162 Å². The minimum atomic E-state index is -4.57. The normalized spacial score (nSPS) is 23.6. The molecule has 3 aromatic rings. The van der Waals surface area contributed by atoms with Crippen LogP contribution in [-0.4, -0.2) is 40.0 Å². The number of nitro groups is 1. The monoisotopic (exact) mass is 671 g/mol. The van der Waals surface area contributed by atoms with Crippen LogP contribution in [0.4, 0.5) is 16.2 Å². The van der Waals surface area contributed by atoms with E-state index in [-0.39, 0.29) is 16.5 Å². The summed E-state index contributed by atoms with van der Waals surface area (Å²) in [5.41, 5.74) is 3.29. The lowest BCUT2D eigenvalue weighted by Gasteiger charge is -2.43. The third-order valence-electron chi connectivity index (χ3n) is 9.96. The van der Waals surface area contributed by atoms with Gasteiger partial charge in [0.25, 0.3) is 15.7 Å². The van der Waals surface area contributed by atoms with Gasteiger partial charge in [-0.1, -0.05) is 56.7 Å². The number of hydrogen-bond donors (Lipinski definition) is 1. The number of aryl methyl sites for hydroxylation is 3. The van der Waals surface area contributed by atoms with Crippen molar-refractivity contribution in [2.45, 2.75) is 76.3 Å². The fourth-order valence-corrected chi connectivity index (χ4v) is 9.99. The van der Waals surface area contributed by atoms with E-state index < -0.39 is 59.0 Å². The summed E-state index contributed by atoms with van der Waals surface area (Å²) in [4.78, 5) is 23.2. The summed E-state index contributed by atoms with van der Waals surface area (Å²) in [7, 11) is -8.77. The van der Waals surface area contributed by atoms with Crippen molar-refractivity contribution in [2.75, 3.05) is 4.31 Å². The lowest BCUT2D eigenvalue weighted by molar-refractivity contribution is -0.384. The molecule has 0 heterocycles. The van der Waals surface area contributed by atoms with Gasteiger partial charge < -0.3 is 4.74 Å². The highest BCUT2D eigenvalue weighted by Gasteiger charge is 2.70. The standard InChI is InChI=1S/C32H37N3O9S2/c1-20-18-21(2)27(22(3)19-20)34(45(39,40)24-10-8-7-9-11-24)28-26-16-17-32(6,31(26,4)5)29(28)43-30(36)33-44-46(41,42)25-14-12-23(13-15-25)35(37)38/h7-15,18-19,26,28-29H,16-17H2,1-6H3,(H,33,36)/t26-,28-,29-,32+/m1/s1. The Morgan fingerprint density at radius 1 is 0.935 bits per heavy atom. The number of anilines is 1. The van der Waals surface area contributed by atoms with Crippen molar-refractivity contribution in [3.05, 3.63) is 93.5 Å². The second-order valence-electron chi connectivity index (χ2n) is 12.9. The highest BCUT2D eigenvalue weighted by molar-refractivity contribution is 7.92. The lowest BCUT2D eigenvalue weighted by atomic mass is 9.70. The number of carbonyl (C=O) groups excluding carboxylic acids is 1. The highest BCUT2D eigenvalue weighted by atomic mass is 32.2. The SMILES string of the molecule is Cc1cc(C)c(N([C@@H]2[C@H]3CC[C@@](C)([C@@H]2OC(=O)NOS(=O)(=O)c2ccc([N+](=O)[O-])cc2)C3(C)C)S(=O)(=O)c2ccccc2)c(C)c1. The molecule has 12 nitrogen and oxygen atoms in total. The molecule has 0 radical (unpaired) electrons. The van der Waals surface area contributed by atoms with Crippen LogP contribution in [-0.2, 0) is 29.2 Å². The molecule has 2 aliphatic rings. The van der Waals surface area contributed by atoms with E-state index in [2.05, 4.69) is 0 Å². The fourth-order valence-electron chi connectivity index (χ4n) is 7.41. The number of nitrogens with zero attached hydrogens (tertiary/aromatic N) is 2. The summed E-state index contributed by atoms with van der Waals surface area (Å²) in [6.45, 7) is 11.7. The largest absolute Gasteiger partial charge is 0.442 e. The first-order valence-corrected chi connectivity index (χ1v) is 17.6. The van der Waals surface area contributed by atoms with E-state index in [9.17, 15) is 31.7 Å². The van der Waals surface area contributed by atoms with Crippen LogP contribution in [0.25, 0.3) is 0 Å². The summed E-state index contributed by atoms with van der Waals surface area (Å²) < 4.78 is 66.9. The molecule has 246 valence electrons. The molecule has 0 aromatic heterocycles. The average Bonchev–Trinajstić information content (AvgIpc) is 3.31. The Labute approximate surface area is 269 Å². The molecule has 2 fully saturated rings. The van der Waals surface area contributed by atoms with Gasteiger partial charge in [0, 0.05) is 17.5 Å². The molecule has 2 bridgehead atoms. The molecular formula is C32H37N3O9S2. The number of carbonyl (C=O) groups is 1. The van der Waals surface area contributed by atoms with Crippen LogP contribution >= 0.6 is 0 Å². The third kappa shape index (κ3) is 5.52. The maximum absolute atomic E-state index is 14.6. The molecule has 4 atom stereocenters. The zero-order chi connectivity index (χ0) is 33.8. The molecule has 0 unspecified atom stereocenters. The van der Waals surface area contributed by atoms with E-state index >= 15 is 0 Å². The van der Waals surface area contributed by atoms with Crippen molar-refractivity contribution in [3.8, 4) is 0 Å². The number of hydrogen-bond acceptors (Lipinski definition) is 9. The van der Waals surface area contributed by atoms with E-state index in [1.807, 2.05) is 59.2 Å². The van der Waals surface area contributed by atoms with E-state index in [4.69, 9.17) is 9.02 Å². The van der Waals surface area contributed by atoms with Crippen molar-refractivity contribution in [1.82, 2.24) is 5.48 Å². The summed E-state index contributed by atoms with van der Waals surface area (Å²) >= 11 is 0. The van der Waals surface area contributed by atoms with Gasteiger partial charge in [0.2, 0.25) is 0 Å². The molecule has 0 spiro atoms. The number of nitrogens with one attached hydrogen (secondary N) is 1. The number of non-ortho nitro benzene ring substituents is 1. The number of hydroxylamine groups is 1. The summed E-state index contributed by atoms with van der Waals surface area (Å²) in [5.74, 6) is -0.223. The Morgan fingerprint density at radius 3 is 2.09 bits per heavy atom. The average molecular weight is 672 g/mol. The van der Waals surface area contributed by atoms with Gasteiger partial charge >= 0.3 is 16.2 Å². The van der Waals surface area contributed by atoms with Gasteiger partial charge in [-0.15, -0.1) is 4.28 Å². The summed E-state index contributed by atoms with van der Waals surface area (Å²) in [6, 6.07) is 15.0. The van der Waals surface area contributed by atoms with Crippen molar-refractivity contribution in [2.24, 2.45) is 16.7 Å². The van der Waals surface area contributed by atoms with Gasteiger partial charge in [-0.3, -0.25) is 14.4 Å². The maximum atomic E-state index is 14.6. The molecule has 0 saturated heterocycles. The number of nitro benzene ring substituents is 1. The van der Waals surface area contributed by atoms with Crippen molar-refractivity contribution < 1.29 is 35.6 Å². The number of benzene rings is 3. The molecule has 2 aliphatic carbocycles. The molecular weight excluding hydrogens is 634 g/mol. The van der Waals surface area contributed by atoms with Gasteiger partial charge in [0.15, 0.2) is 0 Å². The van der Waals surface area contributed by atoms with Crippen LogP contribution < -0.4 is 9.79 Å². The molecule has 1 amide bonds. The number of rotatable bonds is 9. The van der Waals surface area contributed by atoms with Crippen LogP contribution in [0.5, 0.6) is 0 Å². The second kappa shape index (κ2) is 11.7. The van der Waals surface area contributed by atoms with Crippen LogP contribution in [0.3, 0.4) is 0 Å². The van der Waals surface area contributed by atoms with Crippen molar-refractivity contribution in [3.63, 3.8) is 0 Å². The first-order chi connectivity index (χ1) is 21.4.